The minimum atomic E-state index is -0.693. The van der Waals surface area contributed by atoms with Gasteiger partial charge in [0.05, 0.1) is 0 Å². The standard InChI is InChI=1S/2C9H18O2/c1-7(5-8(10)11)6-9(2,3)4;1-8(2)6-4-3-5-7-9(10)11/h7H,5-6H2,1-4H3,(H,10,11);8H,3-7H2,1-2H3,(H,10,11). The second-order valence-corrected chi connectivity index (χ2v) is 7.85. The predicted molar refractivity (Wildman–Crippen MR) is 91.0 cm³/mol. The van der Waals surface area contributed by atoms with Crippen LogP contribution in [-0.2, 0) is 9.59 Å². The molecule has 0 aliphatic carbocycles. The molecule has 22 heavy (non-hydrogen) atoms. The van der Waals surface area contributed by atoms with Gasteiger partial charge in [0, 0.05) is 12.8 Å². The minimum Gasteiger partial charge on any atom is -0.481 e. The molecule has 0 fully saturated rings. The van der Waals surface area contributed by atoms with Gasteiger partial charge in [-0.2, -0.15) is 0 Å². The first-order valence-electron chi connectivity index (χ1n) is 8.37. The first-order chi connectivity index (χ1) is 9.94. The van der Waals surface area contributed by atoms with E-state index in [9.17, 15) is 9.59 Å². The maximum Gasteiger partial charge on any atom is 0.303 e. The van der Waals surface area contributed by atoms with Gasteiger partial charge in [-0.15, -0.1) is 0 Å². The Balaban J connectivity index is 0. The number of carbonyl (C=O) groups is 2. The highest BCUT2D eigenvalue weighted by molar-refractivity contribution is 5.67. The molecule has 1 unspecified atom stereocenters. The zero-order valence-corrected chi connectivity index (χ0v) is 15.3. The molecule has 0 radical (unpaired) electrons. The second-order valence-electron chi connectivity index (χ2n) is 7.85. The van der Waals surface area contributed by atoms with E-state index in [1.165, 1.54) is 12.8 Å². The van der Waals surface area contributed by atoms with Crippen molar-refractivity contribution < 1.29 is 19.8 Å². The number of hydrogen-bond donors (Lipinski definition) is 2. The van der Waals surface area contributed by atoms with Gasteiger partial charge in [0.2, 0.25) is 0 Å². The lowest BCUT2D eigenvalue weighted by molar-refractivity contribution is -0.138. The van der Waals surface area contributed by atoms with Crippen LogP contribution in [0.25, 0.3) is 0 Å². The third-order valence-corrected chi connectivity index (χ3v) is 3.16. The van der Waals surface area contributed by atoms with Crippen LogP contribution in [0.5, 0.6) is 0 Å². The van der Waals surface area contributed by atoms with E-state index in [4.69, 9.17) is 10.2 Å². The van der Waals surface area contributed by atoms with Crippen molar-refractivity contribution in [3.8, 4) is 0 Å². The molecule has 0 aromatic carbocycles. The predicted octanol–water partition coefficient (Wildman–Crippen LogP) is 5.21. The number of aliphatic carboxylic acids is 2. The van der Waals surface area contributed by atoms with E-state index in [-0.39, 0.29) is 17.8 Å². The largest absolute Gasteiger partial charge is 0.481 e. The van der Waals surface area contributed by atoms with Crippen molar-refractivity contribution in [1.82, 2.24) is 0 Å². The molecule has 0 aliphatic heterocycles. The summed E-state index contributed by atoms with van der Waals surface area (Å²) in [5.41, 5.74) is 0.245. The molecule has 2 N–H and O–H groups in total. The van der Waals surface area contributed by atoms with E-state index < -0.39 is 11.9 Å². The minimum absolute atomic E-state index is 0.245. The highest BCUT2D eigenvalue weighted by Gasteiger charge is 2.16. The first-order valence-corrected chi connectivity index (χ1v) is 8.37. The summed E-state index contributed by atoms with van der Waals surface area (Å²) in [6.45, 7) is 12.8. The van der Waals surface area contributed by atoms with Crippen molar-refractivity contribution in [3.05, 3.63) is 0 Å². The molecule has 1 atom stereocenters. The molecule has 0 rings (SSSR count). The third-order valence-electron chi connectivity index (χ3n) is 3.16. The van der Waals surface area contributed by atoms with Crippen LogP contribution in [0, 0.1) is 17.3 Å². The average Bonchev–Trinajstić information content (AvgIpc) is 2.24. The van der Waals surface area contributed by atoms with E-state index in [0.717, 1.165) is 25.2 Å². The fourth-order valence-electron chi connectivity index (χ4n) is 2.42. The topological polar surface area (TPSA) is 74.6 Å². The van der Waals surface area contributed by atoms with Gasteiger partial charge in [-0.3, -0.25) is 9.59 Å². The Kier molecular flexibility index (Phi) is 13.2. The number of carboxylic acids is 2. The summed E-state index contributed by atoms with van der Waals surface area (Å²) < 4.78 is 0. The Bertz CT molecular complexity index is 303. The van der Waals surface area contributed by atoms with E-state index in [1.54, 1.807) is 0 Å². The number of carboxylic acid groups (broad SMARTS) is 2. The summed E-state index contributed by atoms with van der Waals surface area (Å²) >= 11 is 0. The molecular weight excluding hydrogens is 280 g/mol. The lowest BCUT2D eigenvalue weighted by Crippen LogP contribution is -2.13. The molecule has 4 nitrogen and oxygen atoms in total. The molecule has 0 saturated carbocycles. The molecule has 0 aromatic rings. The molecule has 0 spiro atoms. The van der Waals surface area contributed by atoms with Gasteiger partial charge in [-0.05, 0) is 30.1 Å². The third kappa shape index (κ3) is 24.0. The molecule has 0 aliphatic rings. The van der Waals surface area contributed by atoms with Crippen molar-refractivity contribution in [1.29, 1.82) is 0 Å². The van der Waals surface area contributed by atoms with Crippen LogP contribution in [0.4, 0.5) is 0 Å². The van der Waals surface area contributed by atoms with Crippen LogP contribution in [0.2, 0.25) is 0 Å². The molecule has 0 bridgehead atoms. The molecule has 4 heteroatoms. The zero-order chi connectivity index (χ0) is 17.8. The van der Waals surface area contributed by atoms with Gasteiger partial charge in [0.1, 0.15) is 0 Å². The summed E-state index contributed by atoms with van der Waals surface area (Å²) in [5.74, 6) is -0.330. The van der Waals surface area contributed by atoms with Crippen LogP contribution in [-0.4, -0.2) is 22.2 Å². The van der Waals surface area contributed by atoms with Crippen LogP contribution in [0.3, 0.4) is 0 Å². The summed E-state index contributed by atoms with van der Waals surface area (Å²) in [7, 11) is 0. The number of rotatable bonds is 9. The van der Waals surface area contributed by atoms with Crippen molar-refractivity contribution in [2.24, 2.45) is 17.3 Å². The summed E-state index contributed by atoms with van der Waals surface area (Å²) in [5, 5.41) is 16.8. The molecule has 0 saturated heterocycles. The lowest BCUT2D eigenvalue weighted by Gasteiger charge is -2.21. The summed E-state index contributed by atoms with van der Waals surface area (Å²) in [6, 6.07) is 0. The molecule has 0 aromatic heterocycles. The van der Waals surface area contributed by atoms with Crippen LogP contribution < -0.4 is 0 Å². The molecule has 0 heterocycles. The maximum atomic E-state index is 10.3. The van der Waals surface area contributed by atoms with Crippen molar-refractivity contribution in [2.45, 2.75) is 86.5 Å². The average molecular weight is 316 g/mol. The van der Waals surface area contributed by atoms with Gasteiger partial charge < -0.3 is 10.2 Å². The number of hydrogen-bond acceptors (Lipinski definition) is 2. The smallest absolute Gasteiger partial charge is 0.303 e. The van der Waals surface area contributed by atoms with Crippen molar-refractivity contribution in [2.75, 3.05) is 0 Å². The molecule has 0 amide bonds. The lowest BCUT2D eigenvalue weighted by atomic mass is 9.84. The Morgan fingerprint density at radius 1 is 0.909 bits per heavy atom. The maximum absolute atomic E-state index is 10.3. The number of unbranched alkanes of at least 4 members (excludes halogenated alkanes) is 2. The first kappa shape index (κ1) is 23.2. The van der Waals surface area contributed by atoms with E-state index in [2.05, 4.69) is 34.6 Å². The van der Waals surface area contributed by atoms with Crippen molar-refractivity contribution >= 4 is 11.9 Å². The van der Waals surface area contributed by atoms with Gasteiger partial charge in [-0.1, -0.05) is 60.8 Å². The quantitative estimate of drug-likeness (QED) is 0.572. The molecule has 132 valence electrons. The van der Waals surface area contributed by atoms with Crippen LogP contribution >= 0.6 is 0 Å². The monoisotopic (exact) mass is 316 g/mol. The summed E-state index contributed by atoms with van der Waals surface area (Å²) in [6.07, 6.45) is 5.88. The normalized spacial score (nSPS) is 12.5. The Labute approximate surface area is 136 Å². The highest BCUT2D eigenvalue weighted by Crippen LogP contribution is 2.25. The van der Waals surface area contributed by atoms with E-state index in [1.807, 2.05) is 6.92 Å². The zero-order valence-electron chi connectivity index (χ0n) is 15.3. The van der Waals surface area contributed by atoms with Gasteiger partial charge in [0.25, 0.3) is 0 Å². The van der Waals surface area contributed by atoms with E-state index >= 15 is 0 Å². The van der Waals surface area contributed by atoms with Crippen molar-refractivity contribution in [3.63, 3.8) is 0 Å². The van der Waals surface area contributed by atoms with Crippen LogP contribution in [0.1, 0.15) is 86.5 Å². The fourth-order valence-corrected chi connectivity index (χ4v) is 2.42. The Morgan fingerprint density at radius 3 is 1.82 bits per heavy atom. The Hall–Kier alpha value is -1.06. The van der Waals surface area contributed by atoms with Gasteiger partial charge in [-0.25, -0.2) is 0 Å². The van der Waals surface area contributed by atoms with Gasteiger partial charge >= 0.3 is 11.9 Å². The summed E-state index contributed by atoms with van der Waals surface area (Å²) in [4.78, 5) is 20.4. The Morgan fingerprint density at radius 2 is 1.45 bits per heavy atom. The molecular formula is C18H36O4. The fraction of sp³-hybridized carbons (Fsp3) is 0.889. The highest BCUT2D eigenvalue weighted by atomic mass is 16.4. The van der Waals surface area contributed by atoms with Crippen LogP contribution in [0.15, 0.2) is 0 Å². The second kappa shape index (κ2) is 12.5. The van der Waals surface area contributed by atoms with Gasteiger partial charge in [0.15, 0.2) is 0 Å². The van der Waals surface area contributed by atoms with E-state index in [0.29, 0.717) is 6.42 Å². The SMILES string of the molecule is CC(C)CCCCCC(=O)O.CC(CC(=O)O)CC(C)(C)C.